The first-order chi connectivity index (χ1) is 9.24. The number of hydrogen-bond donors (Lipinski definition) is 1. The molecule has 2 N–H and O–H groups in total. The molecule has 1 unspecified atom stereocenters. The Balaban J connectivity index is 2.04. The number of amidine groups is 2. The number of aliphatic imine (C=N–C) groups is 4. The molecule has 0 aromatic carbocycles. The first kappa shape index (κ1) is 13.9. The summed E-state index contributed by atoms with van der Waals surface area (Å²) < 4.78 is 0. The summed E-state index contributed by atoms with van der Waals surface area (Å²) in [6, 6.07) is -0.451. The van der Waals surface area contributed by atoms with Crippen LogP contribution in [0.4, 0.5) is 0 Å². The highest BCUT2D eigenvalue weighted by Gasteiger charge is 2.27. The molecular weight excluding hydrogens is 291 g/mol. The van der Waals surface area contributed by atoms with E-state index in [0.717, 1.165) is 0 Å². The summed E-state index contributed by atoms with van der Waals surface area (Å²) >= 11 is 11.3. The average Bonchev–Trinajstić information content (AvgIpc) is 2.81. The van der Waals surface area contributed by atoms with Crippen LogP contribution in [0.2, 0.25) is 0 Å². The van der Waals surface area contributed by atoms with Gasteiger partial charge in [0.2, 0.25) is 0 Å². The fourth-order valence-corrected chi connectivity index (χ4v) is 1.83. The van der Waals surface area contributed by atoms with Crippen molar-refractivity contribution < 1.29 is 0 Å². The Hall–Kier alpha value is -1.54. The van der Waals surface area contributed by atoms with Gasteiger partial charge < -0.3 is 5.73 Å². The van der Waals surface area contributed by atoms with Crippen molar-refractivity contribution in [3.63, 3.8) is 0 Å². The predicted octanol–water partition coefficient (Wildman–Crippen LogP) is 0.669. The van der Waals surface area contributed by atoms with E-state index in [1.807, 2.05) is 0 Å². The standard InChI is InChI=1S/C9H12Cl2N8/c10-1-3-19(4-2-11)18-17-9-15-6-7(12)13-5-14-8(6)16-9/h5-6H,1-4H2,(H2,12,13,14,15,16)/b18-17+. The van der Waals surface area contributed by atoms with Crippen LogP contribution in [0.25, 0.3) is 0 Å². The molecular formula is C9H12Cl2N8. The van der Waals surface area contributed by atoms with Crippen LogP contribution in [0.5, 0.6) is 0 Å². The van der Waals surface area contributed by atoms with Gasteiger partial charge in [-0.15, -0.1) is 23.2 Å². The van der Waals surface area contributed by atoms with Crippen LogP contribution in [0, 0.1) is 0 Å². The van der Waals surface area contributed by atoms with Gasteiger partial charge in [0.15, 0.2) is 11.9 Å². The highest BCUT2D eigenvalue weighted by atomic mass is 35.5. The van der Waals surface area contributed by atoms with Gasteiger partial charge >= 0.3 is 0 Å². The fourth-order valence-electron chi connectivity index (χ4n) is 1.44. The van der Waals surface area contributed by atoms with Crippen LogP contribution in [0.3, 0.4) is 0 Å². The third-order valence-electron chi connectivity index (χ3n) is 2.33. The molecule has 8 nitrogen and oxygen atoms in total. The molecule has 0 aliphatic carbocycles. The maximum atomic E-state index is 5.69. The van der Waals surface area contributed by atoms with E-state index in [1.54, 1.807) is 5.01 Å². The topological polar surface area (TPSA) is 103 Å². The maximum absolute atomic E-state index is 5.69. The van der Waals surface area contributed by atoms with E-state index < -0.39 is 6.04 Å². The molecule has 2 rings (SSSR count). The third kappa shape index (κ3) is 3.48. The van der Waals surface area contributed by atoms with Crippen molar-refractivity contribution >= 4 is 47.2 Å². The molecule has 0 bridgehead atoms. The minimum Gasteiger partial charge on any atom is -0.385 e. The summed E-state index contributed by atoms with van der Waals surface area (Å²) in [5.41, 5.74) is 5.69. The van der Waals surface area contributed by atoms with Gasteiger partial charge in [0.05, 0.1) is 13.1 Å². The van der Waals surface area contributed by atoms with E-state index in [1.165, 1.54) is 6.34 Å². The Bertz CT molecular complexity index is 475. The molecule has 102 valence electrons. The molecule has 2 aliphatic heterocycles. The van der Waals surface area contributed by atoms with Crippen LogP contribution in [-0.4, -0.2) is 59.9 Å². The SMILES string of the molecule is NC1=NC=NC2=NC(/N=N/N(CCCl)CCCl)=NC12. The summed E-state index contributed by atoms with van der Waals surface area (Å²) in [6.07, 6.45) is 1.34. The van der Waals surface area contributed by atoms with Crippen molar-refractivity contribution in [1.29, 1.82) is 0 Å². The fraction of sp³-hybridized carbons (Fsp3) is 0.556. The smallest absolute Gasteiger partial charge is 0.269 e. The van der Waals surface area contributed by atoms with Gasteiger partial charge in [-0.05, 0) is 0 Å². The van der Waals surface area contributed by atoms with Gasteiger partial charge in [0.1, 0.15) is 12.2 Å². The van der Waals surface area contributed by atoms with Crippen molar-refractivity contribution in [3.05, 3.63) is 0 Å². The molecule has 1 atom stereocenters. The van der Waals surface area contributed by atoms with Crippen LogP contribution in [0.15, 0.2) is 30.3 Å². The number of rotatable bonds is 5. The highest BCUT2D eigenvalue weighted by molar-refractivity contribution is 6.21. The summed E-state index contributed by atoms with van der Waals surface area (Å²) in [4.78, 5) is 16.1. The number of halogens is 2. The Labute approximate surface area is 119 Å². The van der Waals surface area contributed by atoms with E-state index in [-0.39, 0.29) is 5.96 Å². The average molecular weight is 303 g/mol. The third-order valence-corrected chi connectivity index (χ3v) is 2.66. The van der Waals surface area contributed by atoms with Gasteiger partial charge in [-0.3, -0.25) is 5.01 Å². The van der Waals surface area contributed by atoms with Gasteiger partial charge in [0, 0.05) is 11.8 Å². The Kier molecular flexibility index (Phi) is 4.80. The first-order valence-electron chi connectivity index (χ1n) is 5.55. The molecule has 0 saturated heterocycles. The maximum Gasteiger partial charge on any atom is 0.269 e. The van der Waals surface area contributed by atoms with Crippen molar-refractivity contribution in [2.24, 2.45) is 36.0 Å². The summed E-state index contributed by atoms with van der Waals surface area (Å²) in [7, 11) is 0. The number of fused-ring (bicyclic) bond motifs is 1. The van der Waals surface area contributed by atoms with E-state index in [4.69, 9.17) is 28.9 Å². The zero-order chi connectivity index (χ0) is 13.7. The molecule has 0 aromatic rings. The molecule has 10 heteroatoms. The van der Waals surface area contributed by atoms with Crippen LogP contribution < -0.4 is 5.73 Å². The number of guanidine groups is 1. The van der Waals surface area contributed by atoms with Crippen LogP contribution in [-0.2, 0) is 0 Å². The molecule has 2 heterocycles. The molecule has 0 aromatic heterocycles. The largest absolute Gasteiger partial charge is 0.385 e. The molecule has 0 radical (unpaired) electrons. The minimum atomic E-state index is -0.451. The highest BCUT2D eigenvalue weighted by Crippen LogP contribution is 2.11. The van der Waals surface area contributed by atoms with Crippen molar-refractivity contribution in [3.8, 4) is 0 Å². The lowest BCUT2D eigenvalue weighted by molar-refractivity contribution is 0.305. The lowest BCUT2D eigenvalue weighted by atomic mass is 10.2. The van der Waals surface area contributed by atoms with E-state index in [0.29, 0.717) is 36.5 Å². The molecule has 0 amide bonds. The zero-order valence-electron chi connectivity index (χ0n) is 9.95. The summed E-state index contributed by atoms with van der Waals surface area (Å²) in [6.45, 7) is 1.10. The minimum absolute atomic E-state index is 0.214. The Morgan fingerprint density at radius 3 is 2.68 bits per heavy atom. The molecule has 19 heavy (non-hydrogen) atoms. The van der Waals surface area contributed by atoms with E-state index in [9.17, 15) is 0 Å². The molecule has 0 fully saturated rings. The van der Waals surface area contributed by atoms with Crippen LogP contribution in [0.1, 0.15) is 0 Å². The number of nitrogens with two attached hydrogens (primary N) is 1. The predicted molar refractivity (Wildman–Crippen MR) is 76.6 cm³/mol. The number of hydrogen-bond acceptors (Lipinski definition) is 7. The quantitative estimate of drug-likeness (QED) is 0.458. The van der Waals surface area contributed by atoms with Gasteiger partial charge in [0.25, 0.3) is 5.96 Å². The number of alkyl halides is 2. The van der Waals surface area contributed by atoms with Crippen molar-refractivity contribution in [2.45, 2.75) is 6.04 Å². The second-order valence-corrected chi connectivity index (χ2v) is 4.38. The molecule has 2 aliphatic rings. The summed E-state index contributed by atoms with van der Waals surface area (Å²) in [5, 5.41) is 9.56. The second-order valence-electron chi connectivity index (χ2n) is 3.62. The summed E-state index contributed by atoms with van der Waals surface area (Å²) in [5.74, 6) is 1.90. The first-order valence-corrected chi connectivity index (χ1v) is 6.62. The van der Waals surface area contributed by atoms with Gasteiger partial charge in [-0.1, -0.05) is 10.3 Å². The molecule has 0 saturated carbocycles. The Morgan fingerprint density at radius 2 is 2.05 bits per heavy atom. The van der Waals surface area contributed by atoms with E-state index >= 15 is 0 Å². The van der Waals surface area contributed by atoms with Crippen LogP contribution >= 0.6 is 23.2 Å². The Morgan fingerprint density at radius 1 is 1.32 bits per heavy atom. The van der Waals surface area contributed by atoms with Gasteiger partial charge in [-0.2, -0.15) is 4.99 Å². The van der Waals surface area contributed by atoms with Gasteiger partial charge in [-0.25, -0.2) is 15.0 Å². The lowest BCUT2D eigenvalue weighted by Crippen LogP contribution is -2.34. The van der Waals surface area contributed by atoms with Crippen molar-refractivity contribution in [2.75, 3.05) is 24.8 Å². The number of nitrogens with zero attached hydrogens (tertiary/aromatic N) is 7. The lowest BCUT2D eigenvalue weighted by Gasteiger charge is -2.13. The zero-order valence-corrected chi connectivity index (χ0v) is 11.5. The second kappa shape index (κ2) is 6.58. The monoisotopic (exact) mass is 302 g/mol. The molecule has 0 spiro atoms. The van der Waals surface area contributed by atoms with Crippen molar-refractivity contribution in [1.82, 2.24) is 5.01 Å². The normalized spacial score (nSPS) is 21.2. The van der Waals surface area contributed by atoms with E-state index in [2.05, 4.69) is 30.3 Å².